The number of amides is 1. The highest BCUT2D eigenvalue weighted by atomic mass is 16.5. The van der Waals surface area contributed by atoms with E-state index in [-0.39, 0.29) is 5.91 Å². The summed E-state index contributed by atoms with van der Waals surface area (Å²) in [6.07, 6.45) is 8.86. The number of terminal acetylenes is 1. The lowest BCUT2D eigenvalue weighted by Gasteiger charge is -2.14. The topological polar surface area (TPSA) is 38.3 Å². The Morgan fingerprint density at radius 1 is 1.38 bits per heavy atom. The van der Waals surface area contributed by atoms with Crippen molar-refractivity contribution in [2.45, 2.75) is 39.5 Å². The van der Waals surface area contributed by atoms with Crippen LogP contribution in [0, 0.1) is 18.3 Å². The molecule has 0 fully saturated rings. The van der Waals surface area contributed by atoms with Gasteiger partial charge in [-0.05, 0) is 30.0 Å². The van der Waals surface area contributed by atoms with Crippen LogP contribution < -0.4 is 10.1 Å². The standard InChI is InChI=1S/C18H25NO2/c1-5-8-9-15-10-11-16(12-17(15)21-4)18(20)19-13-14(6-2)7-3/h1,10-12,14H,6-9,13H2,2-4H3,(H,19,20). The third-order valence-corrected chi connectivity index (χ3v) is 3.79. The molecule has 0 unspecified atom stereocenters. The number of aryl methyl sites for hydroxylation is 1. The average Bonchev–Trinajstić information content (AvgIpc) is 2.53. The van der Waals surface area contributed by atoms with Crippen LogP contribution in [-0.2, 0) is 6.42 Å². The number of rotatable bonds is 8. The van der Waals surface area contributed by atoms with E-state index in [0.717, 1.165) is 30.6 Å². The molecule has 1 amide bonds. The third-order valence-electron chi connectivity index (χ3n) is 3.79. The van der Waals surface area contributed by atoms with E-state index in [4.69, 9.17) is 11.2 Å². The summed E-state index contributed by atoms with van der Waals surface area (Å²) in [6, 6.07) is 5.53. The maximum absolute atomic E-state index is 12.2. The van der Waals surface area contributed by atoms with E-state index in [0.29, 0.717) is 24.4 Å². The van der Waals surface area contributed by atoms with Crippen molar-refractivity contribution >= 4 is 5.91 Å². The first-order chi connectivity index (χ1) is 10.2. The first-order valence-electron chi connectivity index (χ1n) is 7.54. The smallest absolute Gasteiger partial charge is 0.251 e. The Morgan fingerprint density at radius 2 is 2.10 bits per heavy atom. The fraction of sp³-hybridized carbons (Fsp3) is 0.500. The number of carbonyl (C=O) groups is 1. The van der Waals surface area contributed by atoms with Crippen LogP contribution >= 0.6 is 0 Å². The SMILES string of the molecule is C#CCCc1ccc(C(=O)NCC(CC)CC)cc1OC. The molecular weight excluding hydrogens is 262 g/mol. The summed E-state index contributed by atoms with van der Waals surface area (Å²) in [6.45, 7) is 5.00. The quantitative estimate of drug-likeness (QED) is 0.744. The zero-order valence-electron chi connectivity index (χ0n) is 13.2. The van der Waals surface area contributed by atoms with Gasteiger partial charge in [0.15, 0.2) is 0 Å². The second-order valence-electron chi connectivity index (χ2n) is 5.12. The monoisotopic (exact) mass is 287 g/mol. The van der Waals surface area contributed by atoms with Crippen LogP contribution in [0.5, 0.6) is 5.75 Å². The van der Waals surface area contributed by atoms with E-state index in [1.807, 2.05) is 12.1 Å². The molecule has 0 aliphatic rings. The largest absolute Gasteiger partial charge is 0.496 e. The second-order valence-corrected chi connectivity index (χ2v) is 5.12. The van der Waals surface area contributed by atoms with Crippen molar-refractivity contribution in [1.29, 1.82) is 0 Å². The van der Waals surface area contributed by atoms with Crippen LogP contribution in [0.3, 0.4) is 0 Å². The molecular formula is C18H25NO2. The van der Waals surface area contributed by atoms with Crippen molar-refractivity contribution in [3.05, 3.63) is 29.3 Å². The van der Waals surface area contributed by atoms with Gasteiger partial charge >= 0.3 is 0 Å². The molecule has 0 radical (unpaired) electrons. The molecule has 0 aliphatic heterocycles. The highest BCUT2D eigenvalue weighted by molar-refractivity contribution is 5.94. The highest BCUT2D eigenvalue weighted by Gasteiger charge is 2.11. The number of carbonyl (C=O) groups excluding carboxylic acids is 1. The zero-order chi connectivity index (χ0) is 15.7. The first kappa shape index (κ1) is 17.1. The lowest BCUT2D eigenvalue weighted by molar-refractivity contribution is 0.0946. The Bertz CT molecular complexity index is 498. The molecule has 0 saturated carbocycles. The number of hydrogen-bond acceptors (Lipinski definition) is 2. The van der Waals surface area contributed by atoms with Gasteiger partial charge in [-0.2, -0.15) is 0 Å². The van der Waals surface area contributed by atoms with Crippen molar-refractivity contribution in [3.8, 4) is 18.1 Å². The predicted molar refractivity (Wildman–Crippen MR) is 86.6 cm³/mol. The molecule has 0 spiro atoms. The minimum atomic E-state index is -0.0521. The summed E-state index contributed by atoms with van der Waals surface area (Å²) >= 11 is 0. The average molecular weight is 287 g/mol. The number of benzene rings is 1. The number of methoxy groups -OCH3 is 1. The van der Waals surface area contributed by atoms with Crippen LogP contribution in [0.1, 0.15) is 49.0 Å². The summed E-state index contributed by atoms with van der Waals surface area (Å²) in [4.78, 5) is 12.2. The lowest BCUT2D eigenvalue weighted by atomic mass is 10.0. The fourth-order valence-corrected chi connectivity index (χ4v) is 2.22. The summed E-state index contributed by atoms with van der Waals surface area (Å²) < 4.78 is 5.35. The minimum absolute atomic E-state index is 0.0521. The van der Waals surface area contributed by atoms with Gasteiger partial charge in [-0.1, -0.05) is 32.8 Å². The molecule has 1 aromatic rings. The van der Waals surface area contributed by atoms with Gasteiger partial charge in [0.1, 0.15) is 5.75 Å². The molecule has 1 aromatic carbocycles. The molecule has 0 bridgehead atoms. The van der Waals surface area contributed by atoms with Crippen LogP contribution in [0.2, 0.25) is 0 Å². The van der Waals surface area contributed by atoms with Gasteiger partial charge in [-0.25, -0.2) is 0 Å². The Balaban J connectivity index is 2.74. The Hall–Kier alpha value is -1.95. The van der Waals surface area contributed by atoms with Crippen molar-refractivity contribution in [1.82, 2.24) is 5.32 Å². The first-order valence-corrected chi connectivity index (χ1v) is 7.54. The Labute approximate surface area is 128 Å². The maximum Gasteiger partial charge on any atom is 0.251 e. The summed E-state index contributed by atoms with van der Waals surface area (Å²) in [5.74, 6) is 3.82. The summed E-state index contributed by atoms with van der Waals surface area (Å²) in [5.41, 5.74) is 1.66. The van der Waals surface area contributed by atoms with Crippen molar-refractivity contribution in [2.24, 2.45) is 5.92 Å². The second kappa shape index (κ2) is 9.07. The highest BCUT2D eigenvalue weighted by Crippen LogP contribution is 2.21. The van der Waals surface area contributed by atoms with Crippen molar-refractivity contribution in [3.63, 3.8) is 0 Å². The molecule has 0 aliphatic carbocycles. The molecule has 1 rings (SSSR count). The zero-order valence-corrected chi connectivity index (χ0v) is 13.2. The van der Waals surface area contributed by atoms with Gasteiger partial charge in [0, 0.05) is 18.5 Å². The normalized spacial score (nSPS) is 10.2. The van der Waals surface area contributed by atoms with E-state index in [1.165, 1.54) is 0 Å². The predicted octanol–water partition coefficient (Wildman–Crippen LogP) is 3.43. The van der Waals surface area contributed by atoms with E-state index in [1.54, 1.807) is 13.2 Å². The van der Waals surface area contributed by atoms with Crippen LogP contribution in [-0.4, -0.2) is 19.6 Å². The van der Waals surface area contributed by atoms with Crippen molar-refractivity contribution in [2.75, 3.05) is 13.7 Å². The Morgan fingerprint density at radius 3 is 2.67 bits per heavy atom. The maximum atomic E-state index is 12.2. The van der Waals surface area contributed by atoms with Gasteiger partial charge < -0.3 is 10.1 Å². The lowest BCUT2D eigenvalue weighted by Crippen LogP contribution is -2.28. The van der Waals surface area contributed by atoms with E-state index >= 15 is 0 Å². The van der Waals surface area contributed by atoms with Crippen LogP contribution in [0.25, 0.3) is 0 Å². The number of ether oxygens (including phenoxy) is 1. The third kappa shape index (κ3) is 5.15. The molecule has 0 heterocycles. The Kier molecular flexibility index (Phi) is 7.39. The minimum Gasteiger partial charge on any atom is -0.496 e. The van der Waals surface area contributed by atoms with E-state index in [2.05, 4.69) is 25.1 Å². The van der Waals surface area contributed by atoms with Gasteiger partial charge in [0.05, 0.1) is 7.11 Å². The van der Waals surface area contributed by atoms with Crippen molar-refractivity contribution < 1.29 is 9.53 Å². The molecule has 3 nitrogen and oxygen atoms in total. The van der Waals surface area contributed by atoms with E-state index < -0.39 is 0 Å². The molecule has 0 atom stereocenters. The molecule has 114 valence electrons. The van der Waals surface area contributed by atoms with Crippen LogP contribution in [0.15, 0.2) is 18.2 Å². The molecule has 21 heavy (non-hydrogen) atoms. The summed E-state index contributed by atoms with van der Waals surface area (Å²) in [7, 11) is 1.61. The van der Waals surface area contributed by atoms with Gasteiger partial charge in [0.25, 0.3) is 5.91 Å². The molecule has 1 N–H and O–H groups in total. The summed E-state index contributed by atoms with van der Waals surface area (Å²) in [5, 5.41) is 2.99. The van der Waals surface area contributed by atoms with Gasteiger partial charge in [0.2, 0.25) is 0 Å². The molecule has 3 heteroatoms. The van der Waals surface area contributed by atoms with Crippen LogP contribution in [0.4, 0.5) is 0 Å². The fourth-order valence-electron chi connectivity index (χ4n) is 2.22. The van der Waals surface area contributed by atoms with Gasteiger partial charge in [-0.3, -0.25) is 4.79 Å². The number of nitrogens with one attached hydrogen (secondary N) is 1. The van der Waals surface area contributed by atoms with Gasteiger partial charge in [-0.15, -0.1) is 12.3 Å². The molecule has 0 saturated heterocycles. The van der Waals surface area contributed by atoms with E-state index in [9.17, 15) is 4.79 Å². The number of hydrogen-bond donors (Lipinski definition) is 1. The molecule has 0 aromatic heterocycles.